The van der Waals surface area contributed by atoms with Gasteiger partial charge in [0.05, 0.1) is 54.7 Å². The van der Waals surface area contributed by atoms with Crippen molar-refractivity contribution >= 4 is 149 Å². The number of benzene rings is 9. The number of azo groups is 3. The van der Waals surface area contributed by atoms with Gasteiger partial charge in [0.15, 0.2) is 5.75 Å². The lowest BCUT2D eigenvalue weighted by molar-refractivity contribution is 0.441. The molecule has 0 amide bonds. The number of fused-ring (bicyclic) bond motifs is 4. The van der Waals surface area contributed by atoms with E-state index in [2.05, 4.69) is 30.7 Å². The zero-order chi connectivity index (χ0) is 61.1. The van der Waals surface area contributed by atoms with Crippen LogP contribution in [0.4, 0.5) is 34.1 Å². The van der Waals surface area contributed by atoms with Crippen LogP contribution in [0.5, 0.6) is 17.2 Å². The Balaban J connectivity index is 0.00000116. The average molecular weight is 1270 g/mol. The van der Waals surface area contributed by atoms with Crippen LogP contribution in [0.25, 0.3) is 43.1 Å². The van der Waals surface area contributed by atoms with Gasteiger partial charge in [0.25, 0.3) is 40.5 Å². The molecule has 0 aromatic heterocycles. The number of rotatable bonds is 13. The minimum atomic E-state index is -5.23. The van der Waals surface area contributed by atoms with Crippen LogP contribution in [-0.4, -0.2) is 95.8 Å². The molecular weight excluding hydrogens is 1240 g/mol. The topological polar surface area (TPSA) is 478 Å². The number of aromatic hydroxyl groups is 2. The second-order valence-electron chi connectivity index (χ2n) is 16.6. The third-order valence-corrected chi connectivity index (χ3v) is 16.0. The molecule has 29 nitrogen and oxygen atoms in total. The van der Waals surface area contributed by atoms with Gasteiger partial charge < -0.3 is 14.4 Å². The Morgan fingerprint density at radius 2 is 0.771 bits per heavy atom. The summed E-state index contributed by atoms with van der Waals surface area (Å²) < 4.78 is 221. The Kier molecular flexibility index (Phi) is 17.7. The number of aryl methyl sites for hydroxylation is 1. The van der Waals surface area contributed by atoms with Crippen LogP contribution in [0.15, 0.2) is 195 Å². The maximum atomic E-state index is 13.3. The fraction of sp³-hybridized carbons (Fsp3) is 0.0213. The molecule has 0 aliphatic rings. The summed E-state index contributed by atoms with van der Waals surface area (Å²) in [5.74, 6) is -2.39. The van der Waals surface area contributed by atoms with E-state index in [-0.39, 0.29) is 60.6 Å². The van der Waals surface area contributed by atoms with Crippen molar-refractivity contribution in [2.75, 3.05) is 0 Å². The molecule has 0 heterocycles. The zero-order valence-electron chi connectivity index (χ0n) is 40.9. The molecule has 0 atom stereocenters. The highest BCUT2D eigenvalue weighted by Gasteiger charge is 2.27. The van der Waals surface area contributed by atoms with Gasteiger partial charge in [-0.25, -0.2) is 0 Å². The summed E-state index contributed by atoms with van der Waals surface area (Å²) in [7, 11) is -30.6. The molecule has 0 unspecified atom stereocenters. The first-order chi connectivity index (χ1) is 38.6. The van der Waals surface area contributed by atoms with Crippen molar-refractivity contribution in [2.24, 2.45) is 30.7 Å². The van der Waals surface area contributed by atoms with Crippen LogP contribution in [0.2, 0.25) is 0 Å². The van der Waals surface area contributed by atoms with E-state index in [0.29, 0.717) is 22.9 Å². The van der Waals surface area contributed by atoms with Gasteiger partial charge in [0.2, 0.25) is 0 Å². The quantitative estimate of drug-likeness (QED) is 0.0356. The lowest BCUT2D eigenvalue weighted by atomic mass is 10.1. The molecule has 430 valence electrons. The van der Waals surface area contributed by atoms with Gasteiger partial charge in [0, 0.05) is 26.9 Å². The molecule has 6 N–H and O–H groups in total. The van der Waals surface area contributed by atoms with E-state index < -0.39 is 119 Å². The summed E-state index contributed by atoms with van der Waals surface area (Å²) in [6.07, 6.45) is 0. The summed E-state index contributed by atoms with van der Waals surface area (Å²) >= 11 is 0. The van der Waals surface area contributed by atoms with E-state index in [1.54, 1.807) is 49.4 Å². The van der Waals surface area contributed by atoms with Gasteiger partial charge in [-0.1, -0.05) is 54.1 Å². The highest BCUT2D eigenvalue weighted by Crippen LogP contribution is 2.47. The first-order valence-corrected chi connectivity index (χ1v) is 31.2. The summed E-state index contributed by atoms with van der Waals surface area (Å²) in [5, 5.41) is 47.0. The van der Waals surface area contributed by atoms with E-state index in [9.17, 15) is 70.5 Å². The van der Waals surface area contributed by atoms with Crippen molar-refractivity contribution in [1.29, 1.82) is 0 Å². The van der Waals surface area contributed by atoms with Gasteiger partial charge >= 0.3 is 31.3 Å². The molecule has 9 aromatic rings. The van der Waals surface area contributed by atoms with Crippen molar-refractivity contribution in [3.8, 4) is 17.2 Å². The third-order valence-electron chi connectivity index (χ3n) is 11.3. The van der Waals surface area contributed by atoms with Crippen LogP contribution >= 0.6 is 0 Å². The molecule has 0 radical (unpaired) electrons. The van der Waals surface area contributed by atoms with E-state index in [1.807, 2.05) is 0 Å². The summed E-state index contributed by atoms with van der Waals surface area (Å²) in [4.78, 5) is -3.52. The lowest BCUT2D eigenvalue weighted by Gasteiger charge is -2.12. The van der Waals surface area contributed by atoms with Crippen LogP contribution in [0, 0.1) is 6.92 Å². The first kappa shape index (κ1) is 61.7. The van der Waals surface area contributed by atoms with E-state index in [1.165, 1.54) is 54.6 Å². The molecule has 0 aliphatic carbocycles. The predicted molar refractivity (Wildman–Crippen MR) is 289 cm³/mol. The number of phenols is 2. The normalized spacial score (nSPS) is 12.4. The molecule has 9 rings (SSSR count). The van der Waals surface area contributed by atoms with Gasteiger partial charge in [-0.15, -0.1) is 55.9 Å². The molecule has 0 saturated heterocycles. The summed E-state index contributed by atoms with van der Waals surface area (Å²) in [6, 6.07) is 29.7. The van der Waals surface area contributed by atoms with Crippen molar-refractivity contribution in [3.63, 3.8) is 0 Å². The molecule has 83 heavy (non-hydrogen) atoms. The lowest BCUT2D eigenvalue weighted by Crippen LogP contribution is -2.10. The number of nitrogens with zero attached hydrogens (tertiary/aromatic N) is 6. The highest BCUT2D eigenvalue weighted by molar-refractivity contribution is 7.87. The molecule has 9 aromatic carbocycles. The standard InChI is InChI=1S/C47H32N6O17S5.2O3S/c1-25-8-10-27(11-9-25)75(68,69)70-41-7-3-5-26-4-2-6-39(44(26)41)52-49-36-18-19-37(33-22-28(71(56,57)58)13-15-31(33)36)50-48-35-17-20-38(34-23-29(72(59,60)61)12-14-30(34)35)51-53-40-24-43(74(65,66)67)46(54)32-16-21-42(73(62,63)64)47(55)45(32)40;2*1-4(2)3/h2-24,54-55H,1H3,(H,56,57,58)(H,59,60,61)(H,62,63,64)(H,65,66,67);;. The molecule has 0 spiro atoms. The molecule has 0 saturated carbocycles. The second kappa shape index (κ2) is 23.9. The smallest absolute Gasteiger partial charge is 0.425 e. The highest BCUT2D eigenvalue weighted by atomic mass is 32.2. The van der Waals surface area contributed by atoms with Gasteiger partial charge in [-0.05, 0) is 103 Å². The van der Waals surface area contributed by atoms with Crippen LogP contribution in [-0.2, 0) is 71.8 Å². The van der Waals surface area contributed by atoms with Crippen molar-refractivity contribution in [2.45, 2.75) is 31.4 Å². The van der Waals surface area contributed by atoms with Crippen LogP contribution in [0.1, 0.15) is 5.56 Å². The summed E-state index contributed by atoms with van der Waals surface area (Å²) in [5.41, 5.74) is 0.184. The minimum Gasteiger partial charge on any atom is -0.506 e. The van der Waals surface area contributed by atoms with Crippen LogP contribution in [0.3, 0.4) is 0 Å². The molecule has 0 bridgehead atoms. The number of hydrogen-bond acceptors (Lipinski definition) is 25. The van der Waals surface area contributed by atoms with Crippen LogP contribution < -0.4 is 4.18 Å². The second-order valence-corrected chi connectivity index (χ2v) is 24.6. The molecule has 0 aliphatic heterocycles. The van der Waals surface area contributed by atoms with Crippen molar-refractivity contribution in [3.05, 3.63) is 145 Å². The van der Waals surface area contributed by atoms with E-state index >= 15 is 0 Å². The Hall–Kier alpha value is -8.95. The van der Waals surface area contributed by atoms with Gasteiger partial charge in [-0.3, -0.25) is 18.2 Å². The van der Waals surface area contributed by atoms with Gasteiger partial charge in [-0.2, -0.15) is 42.1 Å². The zero-order valence-corrected chi connectivity index (χ0v) is 46.7. The largest absolute Gasteiger partial charge is 0.506 e. The third kappa shape index (κ3) is 14.4. The first-order valence-electron chi connectivity index (χ1n) is 22.0. The SMILES string of the molecule is Cc1ccc(S(=O)(=O)Oc2cccc3cccc(N=Nc4ccc(N=Nc5ccc(N=Nc6cc(S(=O)(=O)O)c(O)c7ccc(S(=O)(=O)O)c(O)c67)c6cc(S(=O)(=O)O)ccc56)c5cc(S(=O)(=O)O)ccc45)c23)cc1.O=S(=O)=O.O=S(=O)=O. The number of hydrogen-bond donors (Lipinski definition) is 6. The van der Waals surface area contributed by atoms with Crippen molar-refractivity contribution < 1.29 is 99.9 Å². The predicted octanol–water partition coefficient (Wildman–Crippen LogP) is 9.01. The maximum absolute atomic E-state index is 13.3. The number of phenolic OH excluding ortho intramolecular Hbond substituents is 2. The molecular formula is C47H32N6O23S7. The Morgan fingerprint density at radius 1 is 0.373 bits per heavy atom. The maximum Gasteiger partial charge on any atom is 0.425 e. The Bertz CT molecular complexity index is 5080. The fourth-order valence-corrected chi connectivity index (χ4v) is 11.0. The van der Waals surface area contributed by atoms with Crippen molar-refractivity contribution in [1.82, 2.24) is 0 Å². The van der Waals surface area contributed by atoms with E-state index in [4.69, 9.17) is 29.4 Å². The molecule has 36 heteroatoms. The Morgan fingerprint density at radius 3 is 1.22 bits per heavy atom. The fourth-order valence-electron chi connectivity index (χ4n) is 7.81. The molecule has 0 fully saturated rings. The summed E-state index contributed by atoms with van der Waals surface area (Å²) in [6.45, 7) is 1.80. The van der Waals surface area contributed by atoms with E-state index in [0.717, 1.165) is 35.9 Å². The average Bonchev–Trinajstić information content (AvgIpc) is 1.96. The minimum absolute atomic E-state index is 0.0130. The Labute approximate surface area is 470 Å². The van der Waals surface area contributed by atoms with Gasteiger partial charge in [0.1, 0.15) is 26.2 Å². The monoisotopic (exact) mass is 1270 g/mol.